The van der Waals surface area contributed by atoms with E-state index in [1.807, 2.05) is 44.6 Å². The first-order valence-electron chi connectivity index (χ1n) is 6.69. The molecule has 0 bridgehead atoms. The van der Waals surface area contributed by atoms with E-state index in [2.05, 4.69) is 20.4 Å². The second-order valence-corrected chi connectivity index (χ2v) is 4.98. The van der Waals surface area contributed by atoms with E-state index in [1.54, 1.807) is 6.20 Å². The van der Waals surface area contributed by atoms with Crippen molar-refractivity contribution in [2.75, 3.05) is 27.2 Å². The molecule has 1 amide bonds. The number of aromatic amines is 1. The summed E-state index contributed by atoms with van der Waals surface area (Å²) in [5.41, 5.74) is 2.64. The summed E-state index contributed by atoms with van der Waals surface area (Å²) in [6, 6.07) is 7.56. The van der Waals surface area contributed by atoms with Gasteiger partial charge in [0.15, 0.2) is 0 Å². The van der Waals surface area contributed by atoms with E-state index in [-0.39, 0.29) is 5.91 Å². The third kappa shape index (κ3) is 3.93. The molecule has 1 heterocycles. The van der Waals surface area contributed by atoms with Gasteiger partial charge >= 0.3 is 0 Å². The molecule has 0 fully saturated rings. The van der Waals surface area contributed by atoms with Crippen LogP contribution in [0.5, 0.6) is 0 Å². The summed E-state index contributed by atoms with van der Waals surface area (Å²) in [7, 11) is 4.05. The molecule has 0 radical (unpaired) electrons. The number of hydrogen-bond acceptors (Lipinski definition) is 3. The fraction of sp³-hybridized carbons (Fsp3) is 0.333. The Morgan fingerprint density at radius 2 is 2.20 bits per heavy atom. The van der Waals surface area contributed by atoms with E-state index < -0.39 is 0 Å². The van der Waals surface area contributed by atoms with Crippen LogP contribution in [-0.4, -0.2) is 48.2 Å². The summed E-state index contributed by atoms with van der Waals surface area (Å²) in [5.74, 6) is -0.0332. The standard InChI is InChI=1S/C15H20N4O/c1-19(2)8-4-7-16-15(20)13-6-3-5-12(9-13)14-10-17-18-11-14/h3,5-6,9-11H,4,7-8H2,1-2H3,(H,16,20)(H,17,18). The lowest BCUT2D eigenvalue weighted by atomic mass is 10.1. The topological polar surface area (TPSA) is 61.0 Å². The molecule has 5 heteroatoms. The second-order valence-electron chi connectivity index (χ2n) is 4.98. The van der Waals surface area contributed by atoms with Crippen molar-refractivity contribution in [2.45, 2.75) is 6.42 Å². The van der Waals surface area contributed by atoms with Crippen molar-refractivity contribution in [3.8, 4) is 11.1 Å². The maximum atomic E-state index is 12.1. The number of nitrogens with one attached hydrogen (secondary N) is 2. The van der Waals surface area contributed by atoms with E-state index in [1.165, 1.54) is 0 Å². The van der Waals surface area contributed by atoms with Crippen molar-refractivity contribution in [2.24, 2.45) is 0 Å². The zero-order chi connectivity index (χ0) is 14.4. The number of rotatable bonds is 6. The number of nitrogens with zero attached hydrogens (tertiary/aromatic N) is 2. The van der Waals surface area contributed by atoms with Crippen molar-refractivity contribution in [3.05, 3.63) is 42.2 Å². The number of benzene rings is 1. The van der Waals surface area contributed by atoms with Crippen LogP contribution in [0.4, 0.5) is 0 Å². The molecule has 106 valence electrons. The van der Waals surface area contributed by atoms with Crippen LogP contribution in [0.25, 0.3) is 11.1 Å². The summed E-state index contributed by atoms with van der Waals surface area (Å²) < 4.78 is 0. The first-order valence-corrected chi connectivity index (χ1v) is 6.69. The number of carbonyl (C=O) groups excluding carboxylic acids is 1. The maximum absolute atomic E-state index is 12.1. The number of aromatic nitrogens is 2. The normalized spacial score (nSPS) is 10.8. The van der Waals surface area contributed by atoms with Gasteiger partial charge in [-0.2, -0.15) is 5.10 Å². The van der Waals surface area contributed by atoms with Crippen LogP contribution in [-0.2, 0) is 0 Å². The minimum Gasteiger partial charge on any atom is -0.352 e. The molecule has 0 aliphatic carbocycles. The van der Waals surface area contributed by atoms with Crippen LogP contribution in [0.3, 0.4) is 0 Å². The highest BCUT2D eigenvalue weighted by Crippen LogP contribution is 2.18. The number of amides is 1. The summed E-state index contributed by atoms with van der Waals surface area (Å²) >= 11 is 0. The molecule has 0 spiro atoms. The van der Waals surface area contributed by atoms with Crippen LogP contribution < -0.4 is 5.32 Å². The molecule has 20 heavy (non-hydrogen) atoms. The Kier molecular flexibility index (Phi) is 4.90. The quantitative estimate of drug-likeness (QED) is 0.788. The van der Waals surface area contributed by atoms with Gasteiger partial charge < -0.3 is 10.2 Å². The zero-order valence-corrected chi connectivity index (χ0v) is 11.9. The lowest BCUT2D eigenvalue weighted by Crippen LogP contribution is -2.27. The molecule has 0 saturated carbocycles. The van der Waals surface area contributed by atoms with Crippen molar-refractivity contribution < 1.29 is 4.79 Å². The summed E-state index contributed by atoms with van der Waals surface area (Å²) in [6.45, 7) is 1.66. The number of carbonyl (C=O) groups is 1. The van der Waals surface area contributed by atoms with Gasteiger partial charge in [0.25, 0.3) is 5.91 Å². The Morgan fingerprint density at radius 3 is 2.90 bits per heavy atom. The third-order valence-electron chi connectivity index (χ3n) is 3.02. The van der Waals surface area contributed by atoms with Crippen LogP contribution in [0, 0.1) is 0 Å². The van der Waals surface area contributed by atoms with Crippen LogP contribution in [0.2, 0.25) is 0 Å². The van der Waals surface area contributed by atoms with Gasteiger partial charge in [-0.1, -0.05) is 12.1 Å². The highest BCUT2D eigenvalue weighted by atomic mass is 16.1. The Hall–Kier alpha value is -2.14. The molecular weight excluding hydrogens is 252 g/mol. The number of hydrogen-bond donors (Lipinski definition) is 2. The third-order valence-corrected chi connectivity index (χ3v) is 3.02. The molecule has 2 rings (SSSR count). The van der Waals surface area contributed by atoms with E-state index in [9.17, 15) is 4.79 Å². The average Bonchev–Trinajstić information content (AvgIpc) is 2.97. The fourth-order valence-corrected chi connectivity index (χ4v) is 1.95. The fourth-order valence-electron chi connectivity index (χ4n) is 1.95. The SMILES string of the molecule is CN(C)CCCNC(=O)c1cccc(-c2cn[nH]c2)c1. The molecule has 2 aromatic rings. The van der Waals surface area contributed by atoms with E-state index in [0.717, 1.165) is 24.1 Å². The van der Waals surface area contributed by atoms with Gasteiger partial charge in [-0.3, -0.25) is 9.89 Å². The molecule has 2 N–H and O–H groups in total. The zero-order valence-electron chi connectivity index (χ0n) is 11.9. The van der Waals surface area contributed by atoms with Crippen molar-refractivity contribution in [1.82, 2.24) is 20.4 Å². The molecule has 1 aromatic heterocycles. The molecular formula is C15H20N4O. The molecule has 0 aliphatic heterocycles. The van der Waals surface area contributed by atoms with E-state index in [0.29, 0.717) is 12.1 Å². The lowest BCUT2D eigenvalue weighted by molar-refractivity contribution is 0.0952. The highest BCUT2D eigenvalue weighted by molar-refractivity contribution is 5.95. The predicted molar refractivity (Wildman–Crippen MR) is 79.5 cm³/mol. The maximum Gasteiger partial charge on any atom is 0.251 e. The minimum absolute atomic E-state index is 0.0332. The monoisotopic (exact) mass is 272 g/mol. The number of H-pyrrole nitrogens is 1. The van der Waals surface area contributed by atoms with Gasteiger partial charge in [0, 0.05) is 23.9 Å². The van der Waals surface area contributed by atoms with Crippen LogP contribution >= 0.6 is 0 Å². The highest BCUT2D eigenvalue weighted by Gasteiger charge is 2.07. The largest absolute Gasteiger partial charge is 0.352 e. The molecule has 0 atom stereocenters. The van der Waals surface area contributed by atoms with Crippen molar-refractivity contribution in [3.63, 3.8) is 0 Å². The summed E-state index contributed by atoms with van der Waals surface area (Å²) in [6.07, 6.45) is 4.50. The van der Waals surface area contributed by atoms with Gasteiger partial charge in [-0.25, -0.2) is 0 Å². The smallest absolute Gasteiger partial charge is 0.251 e. The van der Waals surface area contributed by atoms with Gasteiger partial charge in [0.05, 0.1) is 6.20 Å². The van der Waals surface area contributed by atoms with Crippen LogP contribution in [0.1, 0.15) is 16.8 Å². The molecule has 0 aliphatic rings. The molecule has 0 saturated heterocycles. The summed E-state index contributed by atoms with van der Waals surface area (Å²) in [5, 5.41) is 9.63. The van der Waals surface area contributed by atoms with Gasteiger partial charge in [-0.15, -0.1) is 0 Å². The van der Waals surface area contributed by atoms with E-state index in [4.69, 9.17) is 0 Å². The Bertz CT molecular complexity index is 549. The van der Waals surface area contributed by atoms with Gasteiger partial charge in [-0.05, 0) is 44.8 Å². The van der Waals surface area contributed by atoms with Gasteiger partial charge in [0.2, 0.25) is 0 Å². The van der Waals surface area contributed by atoms with Gasteiger partial charge in [0.1, 0.15) is 0 Å². The lowest BCUT2D eigenvalue weighted by Gasteiger charge is -2.10. The Balaban J connectivity index is 1.95. The Labute approximate surface area is 119 Å². The second kappa shape index (κ2) is 6.86. The predicted octanol–water partition coefficient (Wildman–Crippen LogP) is 1.76. The van der Waals surface area contributed by atoms with E-state index >= 15 is 0 Å². The molecule has 0 unspecified atom stereocenters. The minimum atomic E-state index is -0.0332. The molecule has 1 aromatic carbocycles. The van der Waals surface area contributed by atoms with Crippen LogP contribution in [0.15, 0.2) is 36.7 Å². The molecule has 5 nitrogen and oxygen atoms in total. The average molecular weight is 272 g/mol. The first kappa shape index (κ1) is 14.3. The Morgan fingerprint density at radius 1 is 1.35 bits per heavy atom. The van der Waals surface area contributed by atoms with Crippen molar-refractivity contribution >= 4 is 5.91 Å². The summed E-state index contributed by atoms with van der Waals surface area (Å²) in [4.78, 5) is 14.2. The first-order chi connectivity index (χ1) is 9.66. The van der Waals surface area contributed by atoms with Crippen molar-refractivity contribution in [1.29, 1.82) is 0 Å².